The average Bonchev–Trinajstić information content (AvgIpc) is 3.41. The van der Waals surface area contributed by atoms with Crippen LogP contribution in [-0.2, 0) is 0 Å². The van der Waals surface area contributed by atoms with E-state index in [1.165, 1.54) is 24.7 Å². The van der Waals surface area contributed by atoms with E-state index in [9.17, 15) is 14.0 Å². The quantitative estimate of drug-likeness (QED) is 0.746. The maximum Gasteiger partial charge on any atom is 0.287 e. The Kier molecular flexibility index (Phi) is 4.97. The minimum Gasteiger partial charge on any atom is -0.472 e. The van der Waals surface area contributed by atoms with Gasteiger partial charge in [-0.2, -0.15) is 0 Å². The van der Waals surface area contributed by atoms with Crippen LogP contribution in [0.1, 0.15) is 33.8 Å². The summed E-state index contributed by atoms with van der Waals surface area (Å²) in [5, 5.41) is 2.95. The molecule has 4 rings (SSSR count). The van der Waals surface area contributed by atoms with Crippen molar-refractivity contribution in [3.63, 3.8) is 0 Å². The number of benzene rings is 1. The molecule has 144 valence electrons. The zero-order valence-corrected chi connectivity index (χ0v) is 15.1. The van der Waals surface area contributed by atoms with E-state index in [1.54, 1.807) is 35.2 Å². The first-order valence-electron chi connectivity index (χ1n) is 9.08. The van der Waals surface area contributed by atoms with Gasteiger partial charge in [-0.05, 0) is 55.3 Å². The van der Waals surface area contributed by atoms with Crippen LogP contribution in [0.2, 0.25) is 0 Å². The Morgan fingerprint density at radius 3 is 2.46 bits per heavy atom. The molecule has 1 aliphatic rings. The molecule has 2 aromatic heterocycles. The van der Waals surface area contributed by atoms with Crippen molar-refractivity contribution >= 4 is 11.8 Å². The first-order chi connectivity index (χ1) is 13.6. The highest BCUT2D eigenvalue weighted by molar-refractivity contribution is 5.94. The lowest BCUT2D eigenvalue weighted by molar-refractivity contribution is 0.0695. The van der Waals surface area contributed by atoms with Crippen LogP contribution in [0.25, 0.3) is 11.3 Å². The molecular formula is C21H19FN2O4. The third-order valence-corrected chi connectivity index (χ3v) is 4.84. The molecule has 0 unspecified atom stereocenters. The van der Waals surface area contributed by atoms with E-state index in [-0.39, 0.29) is 29.4 Å². The molecule has 1 aromatic carbocycles. The fourth-order valence-electron chi connectivity index (χ4n) is 3.28. The van der Waals surface area contributed by atoms with Gasteiger partial charge in [0.2, 0.25) is 0 Å². The van der Waals surface area contributed by atoms with Crippen LogP contribution in [-0.4, -0.2) is 35.8 Å². The summed E-state index contributed by atoms with van der Waals surface area (Å²) in [6, 6.07) is 10.8. The van der Waals surface area contributed by atoms with Gasteiger partial charge in [0, 0.05) is 24.7 Å². The number of amides is 2. The standard InChI is InChI=1S/C21H19FN2O4/c22-16-3-1-14(2-4-16)18-5-6-19(28-18)20(25)23-17-7-10-24(11-8-17)21(26)15-9-12-27-13-15/h1-6,9,12-13,17H,7-8,10-11H2,(H,23,25). The normalized spacial score (nSPS) is 14.8. The number of furan rings is 2. The van der Waals surface area contributed by atoms with E-state index < -0.39 is 0 Å². The predicted octanol–water partition coefficient (Wildman–Crippen LogP) is 3.71. The van der Waals surface area contributed by atoms with E-state index in [4.69, 9.17) is 8.83 Å². The van der Waals surface area contributed by atoms with Gasteiger partial charge in [0.25, 0.3) is 11.8 Å². The Morgan fingerprint density at radius 2 is 1.79 bits per heavy atom. The summed E-state index contributed by atoms with van der Waals surface area (Å²) >= 11 is 0. The predicted molar refractivity (Wildman–Crippen MR) is 99.2 cm³/mol. The third-order valence-electron chi connectivity index (χ3n) is 4.84. The lowest BCUT2D eigenvalue weighted by Gasteiger charge is -2.32. The van der Waals surface area contributed by atoms with Gasteiger partial charge in [0.1, 0.15) is 17.8 Å². The SMILES string of the molecule is O=C(NC1CCN(C(=O)c2ccoc2)CC1)c1ccc(-c2ccc(F)cc2)o1. The van der Waals surface area contributed by atoms with Gasteiger partial charge in [0.15, 0.2) is 5.76 Å². The highest BCUT2D eigenvalue weighted by Gasteiger charge is 2.26. The number of carbonyl (C=O) groups excluding carboxylic acids is 2. The summed E-state index contributed by atoms with van der Waals surface area (Å²) in [5.74, 6) is 0.0225. The van der Waals surface area contributed by atoms with Gasteiger partial charge in [-0.15, -0.1) is 0 Å². The fourth-order valence-corrected chi connectivity index (χ4v) is 3.28. The number of rotatable bonds is 4. The van der Waals surface area contributed by atoms with Crippen molar-refractivity contribution in [3.05, 3.63) is 72.1 Å². The fraction of sp³-hybridized carbons (Fsp3) is 0.238. The van der Waals surface area contributed by atoms with E-state index in [1.807, 2.05) is 0 Å². The number of nitrogens with one attached hydrogen (secondary N) is 1. The molecule has 1 aliphatic heterocycles. The summed E-state index contributed by atoms with van der Waals surface area (Å²) in [7, 11) is 0. The Bertz CT molecular complexity index is 955. The molecule has 1 fully saturated rings. The summed E-state index contributed by atoms with van der Waals surface area (Å²) < 4.78 is 23.6. The molecule has 1 N–H and O–H groups in total. The second-order valence-electron chi connectivity index (χ2n) is 6.72. The molecule has 0 aliphatic carbocycles. The molecule has 1 saturated heterocycles. The maximum atomic E-state index is 13.0. The van der Waals surface area contributed by atoms with Crippen molar-refractivity contribution in [3.8, 4) is 11.3 Å². The number of carbonyl (C=O) groups is 2. The maximum absolute atomic E-state index is 13.0. The van der Waals surface area contributed by atoms with Crippen molar-refractivity contribution < 1.29 is 22.8 Å². The van der Waals surface area contributed by atoms with Gasteiger partial charge < -0.3 is 19.1 Å². The highest BCUT2D eigenvalue weighted by atomic mass is 19.1. The van der Waals surface area contributed by atoms with E-state index >= 15 is 0 Å². The molecule has 0 spiro atoms. The Hall–Kier alpha value is -3.35. The number of piperidine rings is 1. The molecule has 0 saturated carbocycles. The van der Waals surface area contributed by atoms with Crippen molar-refractivity contribution in [2.24, 2.45) is 0 Å². The first-order valence-corrected chi connectivity index (χ1v) is 9.08. The topological polar surface area (TPSA) is 75.7 Å². The summed E-state index contributed by atoms with van der Waals surface area (Å²) in [4.78, 5) is 26.5. The molecule has 6 nitrogen and oxygen atoms in total. The number of halogens is 1. The van der Waals surface area contributed by atoms with Gasteiger partial charge >= 0.3 is 0 Å². The van der Waals surface area contributed by atoms with Crippen LogP contribution >= 0.6 is 0 Å². The van der Waals surface area contributed by atoms with Gasteiger partial charge in [0.05, 0.1) is 11.8 Å². The number of hydrogen-bond donors (Lipinski definition) is 1. The largest absolute Gasteiger partial charge is 0.472 e. The molecule has 3 heterocycles. The second kappa shape index (κ2) is 7.72. The van der Waals surface area contributed by atoms with Gasteiger partial charge in [-0.25, -0.2) is 4.39 Å². The van der Waals surface area contributed by atoms with Gasteiger partial charge in [-0.1, -0.05) is 0 Å². The Labute approximate surface area is 160 Å². The van der Waals surface area contributed by atoms with E-state index in [0.29, 0.717) is 42.8 Å². The smallest absolute Gasteiger partial charge is 0.287 e. The molecule has 28 heavy (non-hydrogen) atoms. The summed E-state index contributed by atoms with van der Waals surface area (Å²) in [5.41, 5.74) is 1.23. The Morgan fingerprint density at radius 1 is 1.04 bits per heavy atom. The number of hydrogen-bond acceptors (Lipinski definition) is 4. The molecule has 7 heteroatoms. The number of likely N-dealkylation sites (tertiary alicyclic amines) is 1. The van der Waals surface area contributed by atoms with Crippen LogP contribution < -0.4 is 5.32 Å². The lowest BCUT2D eigenvalue weighted by atomic mass is 10.0. The van der Waals surface area contributed by atoms with Gasteiger partial charge in [-0.3, -0.25) is 9.59 Å². The van der Waals surface area contributed by atoms with E-state index in [0.717, 1.165) is 0 Å². The molecule has 0 bridgehead atoms. The summed E-state index contributed by atoms with van der Waals surface area (Å²) in [6.07, 6.45) is 4.25. The molecule has 3 aromatic rings. The van der Waals surface area contributed by atoms with E-state index in [2.05, 4.69) is 5.32 Å². The number of nitrogens with zero attached hydrogens (tertiary/aromatic N) is 1. The zero-order chi connectivity index (χ0) is 19.5. The first kappa shape index (κ1) is 18.0. The molecular weight excluding hydrogens is 363 g/mol. The lowest BCUT2D eigenvalue weighted by Crippen LogP contribution is -2.46. The average molecular weight is 382 g/mol. The van der Waals surface area contributed by atoms with Crippen LogP contribution in [0.5, 0.6) is 0 Å². The Balaban J connectivity index is 1.32. The minimum atomic E-state index is -0.328. The highest BCUT2D eigenvalue weighted by Crippen LogP contribution is 2.23. The van der Waals surface area contributed by atoms with Crippen molar-refractivity contribution in [1.29, 1.82) is 0 Å². The third kappa shape index (κ3) is 3.83. The van der Waals surface area contributed by atoms with Crippen LogP contribution in [0.15, 0.2) is 63.8 Å². The summed E-state index contributed by atoms with van der Waals surface area (Å²) in [6.45, 7) is 1.13. The minimum absolute atomic E-state index is 0.0275. The molecule has 2 amide bonds. The second-order valence-corrected chi connectivity index (χ2v) is 6.72. The molecule has 0 atom stereocenters. The van der Waals surface area contributed by atoms with Crippen LogP contribution in [0.4, 0.5) is 4.39 Å². The molecule has 0 radical (unpaired) electrons. The van der Waals surface area contributed by atoms with Crippen molar-refractivity contribution in [2.75, 3.05) is 13.1 Å². The monoisotopic (exact) mass is 382 g/mol. The van der Waals surface area contributed by atoms with Crippen molar-refractivity contribution in [2.45, 2.75) is 18.9 Å². The van der Waals surface area contributed by atoms with Crippen molar-refractivity contribution in [1.82, 2.24) is 10.2 Å². The van der Waals surface area contributed by atoms with Crippen LogP contribution in [0, 0.1) is 5.82 Å². The van der Waals surface area contributed by atoms with Crippen LogP contribution in [0.3, 0.4) is 0 Å². The zero-order valence-electron chi connectivity index (χ0n) is 15.1.